The third-order valence-electron chi connectivity index (χ3n) is 4.59. The Kier molecular flexibility index (Phi) is 4.05. The molecule has 0 spiro atoms. The smallest absolute Gasteiger partial charge is 0.222 e. The van der Waals surface area contributed by atoms with Crippen molar-refractivity contribution in [3.63, 3.8) is 0 Å². The summed E-state index contributed by atoms with van der Waals surface area (Å²) in [5, 5.41) is 15.8. The zero-order chi connectivity index (χ0) is 18.1. The van der Waals surface area contributed by atoms with Crippen molar-refractivity contribution in [3.05, 3.63) is 90.0 Å². The van der Waals surface area contributed by atoms with Gasteiger partial charge in [0.25, 0.3) is 0 Å². The molecule has 1 N–H and O–H groups in total. The molecule has 0 saturated heterocycles. The molecule has 0 aliphatic carbocycles. The van der Waals surface area contributed by atoms with Crippen LogP contribution in [0.2, 0.25) is 0 Å². The highest BCUT2D eigenvalue weighted by Crippen LogP contribution is 2.40. The summed E-state index contributed by atoms with van der Waals surface area (Å²) in [4.78, 5) is 0. The first-order valence-corrected chi connectivity index (χ1v) is 8.65. The Bertz CT molecular complexity index is 1050. The summed E-state index contributed by atoms with van der Waals surface area (Å²) >= 11 is 0. The first-order valence-electron chi connectivity index (χ1n) is 8.65. The Morgan fingerprint density at radius 1 is 0.731 bits per heavy atom. The van der Waals surface area contributed by atoms with E-state index in [9.17, 15) is 5.11 Å². The molecule has 0 radical (unpaired) electrons. The lowest BCUT2D eigenvalue weighted by Gasteiger charge is -2.07. The summed E-state index contributed by atoms with van der Waals surface area (Å²) < 4.78 is 1.63. The van der Waals surface area contributed by atoms with Gasteiger partial charge in [0, 0.05) is 5.56 Å². The van der Waals surface area contributed by atoms with Crippen LogP contribution in [0.4, 0.5) is 0 Å². The highest BCUT2D eigenvalue weighted by Gasteiger charge is 2.21. The molecule has 128 valence electrons. The maximum absolute atomic E-state index is 11.1. The second kappa shape index (κ2) is 6.52. The highest BCUT2D eigenvalue weighted by molar-refractivity contribution is 5.85. The molecule has 0 unspecified atom stereocenters. The summed E-state index contributed by atoms with van der Waals surface area (Å²) in [6.07, 6.45) is 0. The topological polar surface area (TPSA) is 38.0 Å². The third kappa shape index (κ3) is 2.78. The lowest BCUT2D eigenvalue weighted by Crippen LogP contribution is -1.98. The van der Waals surface area contributed by atoms with Gasteiger partial charge in [-0.1, -0.05) is 78.4 Å². The van der Waals surface area contributed by atoms with Gasteiger partial charge in [-0.3, -0.25) is 0 Å². The minimum atomic E-state index is 0.155. The van der Waals surface area contributed by atoms with Crippen molar-refractivity contribution < 1.29 is 5.11 Å². The summed E-state index contributed by atoms with van der Waals surface area (Å²) in [6.45, 7) is 4.07. The van der Waals surface area contributed by atoms with E-state index < -0.39 is 0 Å². The third-order valence-corrected chi connectivity index (χ3v) is 4.59. The molecule has 0 atom stereocenters. The number of hydrogen-bond acceptors (Lipinski definition) is 2. The SMILES string of the molecule is Cc1ccc(-c2c(-c3ccccc3)nn(-c3ccccc3C)c2O)cc1. The molecule has 3 heteroatoms. The molecule has 1 heterocycles. The van der Waals surface area contributed by atoms with E-state index in [-0.39, 0.29) is 5.88 Å². The minimum Gasteiger partial charge on any atom is -0.493 e. The molecule has 0 aliphatic heterocycles. The average Bonchev–Trinajstić information content (AvgIpc) is 3.01. The number of rotatable bonds is 3. The maximum atomic E-state index is 11.1. The normalized spacial score (nSPS) is 10.8. The molecule has 4 rings (SSSR count). The van der Waals surface area contributed by atoms with Gasteiger partial charge >= 0.3 is 0 Å². The number of aryl methyl sites for hydroxylation is 2. The molecular formula is C23H20N2O. The van der Waals surface area contributed by atoms with Crippen LogP contribution in [0.3, 0.4) is 0 Å². The molecule has 0 bridgehead atoms. The van der Waals surface area contributed by atoms with Gasteiger partial charge < -0.3 is 5.11 Å². The van der Waals surface area contributed by atoms with Crippen LogP contribution in [0.25, 0.3) is 28.1 Å². The quantitative estimate of drug-likeness (QED) is 0.532. The molecule has 26 heavy (non-hydrogen) atoms. The van der Waals surface area contributed by atoms with Crippen LogP contribution in [0, 0.1) is 13.8 Å². The fourth-order valence-corrected chi connectivity index (χ4v) is 3.16. The zero-order valence-corrected chi connectivity index (χ0v) is 14.8. The first kappa shape index (κ1) is 16.2. The second-order valence-electron chi connectivity index (χ2n) is 6.48. The fourth-order valence-electron chi connectivity index (χ4n) is 3.16. The van der Waals surface area contributed by atoms with Crippen molar-refractivity contribution in [2.24, 2.45) is 0 Å². The summed E-state index contributed by atoms with van der Waals surface area (Å²) in [5.41, 5.74) is 6.56. The molecule has 3 aromatic carbocycles. The van der Waals surface area contributed by atoms with Gasteiger partial charge in [0.2, 0.25) is 5.88 Å². The van der Waals surface area contributed by atoms with Crippen LogP contribution < -0.4 is 0 Å². The molecule has 3 nitrogen and oxygen atoms in total. The minimum absolute atomic E-state index is 0.155. The Hall–Kier alpha value is -3.33. The lowest BCUT2D eigenvalue weighted by atomic mass is 10.0. The van der Waals surface area contributed by atoms with E-state index in [4.69, 9.17) is 5.10 Å². The number of hydrogen-bond donors (Lipinski definition) is 1. The Morgan fingerprint density at radius 2 is 1.38 bits per heavy atom. The van der Waals surface area contributed by atoms with E-state index in [1.54, 1.807) is 4.68 Å². The first-order chi connectivity index (χ1) is 12.6. The predicted molar refractivity (Wildman–Crippen MR) is 106 cm³/mol. The molecule has 4 aromatic rings. The largest absolute Gasteiger partial charge is 0.493 e. The van der Waals surface area contributed by atoms with Crippen LogP contribution in [0.15, 0.2) is 78.9 Å². The van der Waals surface area contributed by atoms with Gasteiger partial charge in [0.1, 0.15) is 5.69 Å². The van der Waals surface area contributed by atoms with Crippen LogP contribution in [0.1, 0.15) is 11.1 Å². The number of benzene rings is 3. The molecular weight excluding hydrogens is 320 g/mol. The molecule has 0 fully saturated rings. The summed E-state index contributed by atoms with van der Waals surface area (Å²) in [5.74, 6) is 0.155. The van der Waals surface area contributed by atoms with Crippen molar-refractivity contribution in [2.75, 3.05) is 0 Å². The highest BCUT2D eigenvalue weighted by atomic mass is 16.3. The number of aromatic hydroxyl groups is 1. The summed E-state index contributed by atoms with van der Waals surface area (Å²) in [6, 6.07) is 26.1. The van der Waals surface area contributed by atoms with Crippen molar-refractivity contribution in [1.82, 2.24) is 9.78 Å². The maximum Gasteiger partial charge on any atom is 0.222 e. The van der Waals surface area contributed by atoms with Crippen molar-refractivity contribution in [2.45, 2.75) is 13.8 Å². The predicted octanol–water partition coefficient (Wildman–Crippen LogP) is 5.53. The van der Waals surface area contributed by atoms with Crippen LogP contribution in [0.5, 0.6) is 5.88 Å². The molecule has 0 saturated carbocycles. The Balaban J connectivity index is 2.00. The monoisotopic (exact) mass is 340 g/mol. The second-order valence-corrected chi connectivity index (χ2v) is 6.48. The van der Waals surface area contributed by atoms with Crippen molar-refractivity contribution in [3.8, 4) is 34.0 Å². The van der Waals surface area contributed by atoms with E-state index in [0.29, 0.717) is 0 Å². The van der Waals surface area contributed by atoms with Crippen LogP contribution in [-0.2, 0) is 0 Å². The van der Waals surface area contributed by atoms with E-state index >= 15 is 0 Å². The van der Waals surface area contributed by atoms with E-state index in [2.05, 4.69) is 19.1 Å². The zero-order valence-electron chi connectivity index (χ0n) is 14.8. The Morgan fingerprint density at radius 3 is 2.08 bits per heavy atom. The molecule has 0 aliphatic rings. The molecule has 1 aromatic heterocycles. The van der Waals surface area contributed by atoms with Gasteiger partial charge in [-0.25, -0.2) is 0 Å². The average molecular weight is 340 g/mol. The fraction of sp³-hybridized carbons (Fsp3) is 0.0870. The van der Waals surface area contributed by atoms with Crippen molar-refractivity contribution in [1.29, 1.82) is 0 Å². The van der Waals surface area contributed by atoms with E-state index in [1.165, 1.54) is 5.56 Å². The Labute approximate surface area is 153 Å². The summed E-state index contributed by atoms with van der Waals surface area (Å²) in [7, 11) is 0. The van der Waals surface area contributed by atoms with E-state index in [0.717, 1.165) is 33.6 Å². The number of nitrogens with zero attached hydrogens (tertiary/aromatic N) is 2. The van der Waals surface area contributed by atoms with Crippen molar-refractivity contribution >= 4 is 0 Å². The number of aromatic nitrogens is 2. The van der Waals surface area contributed by atoms with Gasteiger partial charge in [0.15, 0.2) is 0 Å². The van der Waals surface area contributed by atoms with Gasteiger partial charge in [0.05, 0.1) is 11.3 Å². The van der Waals surface area contributed by atoms with Gasteiger partial charge in [-0.15, -0.1) is 0 Å². The van der Waals surface area contributed by atoms with Crippen LogP contribution in [-0.4, -0.2) is 14.9 Å². The standard InChI is InChI=1S/C23H20N2O/c1-16-12-14-18(15-13-16)21-22(19-9-4-3-5-10-19)24-25(23(21)26)20-11-7-6-8-17(20)2/h3-15,26H,1-2H3. The lowest BCUT2D eigenvalue weighted by molar-refractivity contribution is 0.435. The van der Waals surface area contributed by atoms with Crippen LogP contribution >= 0.6 is 0 Å². The van der Waals surface area contributed by atoms with Gasteiger partial charge in [-0.2, -0.15) is 9.78 Å². The number of para-hydroxylation sites is 1. The van der Waals surface area contributed by atoms with Gasteiger partial charge in [-0.05, 0) is 31.0 Å². The molecule has 0 amide bonds. The van der Waals surface area contributed by atoms with E-state index in [1.807, 2.05) is 73.7 Å².